The molecule has 1 aromatic rings. The third-order valence-corrected chi connectivity index (χ3v) is 7.21. The van der Waals surface area contributed by atoms with Gasteiger partial charge in [0.2, 0.25) is 5.78 Å². The van der Waals surface area contributed by atoms with Crippen LogP contribution >= 0.6 is 0 Å². The van der Waals surface area contributed by atoms with Crippen LogP contribution < -0.4 is 0 Å². The van der Waals surface area contributed by atoms with E-state index >= 15 is 0 Å². The maximum Gasteiger partial charge on any atom is 0.328 e. The molecule has 0 spiro atoms. The lowest BCUT2D eigenvalue weighted by Crippen LogP contribution is -2.53. The molecule has 1 aliphatic carbocycles. The number of esters is 1. The number of hydrogen-bond acceptors (Lipinski definition) is 4. The van der Waals surface area contributed by atoms with E-state index in [2.05, 4.69) is 31.2 Å². The largest absolute Gasteiger partial charge is 0.464 e. The summed E-state index contributed by atoms with van der Waals surface area (Å²) in [4.78, 5) is 40.3. The maximum atomic E-state index is 13.1. The number of ketones is 1. The highest BCUT2D eigenvalue weighted by atomic mass is 16.5. The van der Waals surface area contributed by atoms with Crippen LogP contribution in [-0.4, -0.2) is 41.8 Å². The molecule has 0 N–H and O–H groups in total. The van der Waals surface area contributed by atoms with Crippen LogP contribution in [0.25, 0.3) is 0 Å². The zero-order valence-corrected chi connectivity index (χ0v) is 19.9. The first-order valence-corrected chi connectivity index (χ1v) is 12.5. The van der Waals surface area contributed by atoms with Crippen molar-refractivity contribution in [3.05, 3.63) is 35.4 Å². The van der Waals surface area contributed by atoms with Crippen molar-refractivity contribution in [3.63, 3.8) is 0 Å². The second kappa shape index (κ2) is 11.6. The first-order valence-electron chi connectivity index (χ1n) is 12.5. The van der Waals surface area contributed by atoms with Gasteiger partial charge in [-0.1, -0.05) is 56.0 Å². The van der Waals surface area contributed by atoms with Gasteiger partial charge in [0.1, 0.15) is 6.04 Å². The fraction of sp³-hybridized carbons (Fsp3) is 0.667. The summed E-state index contributed by atoms with van der Waals surface area (Å²) in [5, 5.41) is 0. The molecule has 1 saturated heterocycles. The van der Waals surface area contributed by atoms with E-state index in [1.165, 1.54) is 16.0 Å². The van der Waals surface area contributed by atoms with Crippen molar-refractivity contribution in [2.24, 2.45) is 5.41 Å². The molecule has 1 saturated carbocycles. The molecule has 5 nitrogen and oxygen atoms in total. The Morgan fingerprint density at radius 3 is 2.41 bits per heavy atom. The average molecular weight is 442 g/mol. The molecule has 1 aliphatic heterocycles. The number of Topliss-reactive ketones (excluding diaryl/α,β-unsaturated/α-hetero) is 1. The van der Waals surface area contributed by atoms with Crippen molar-refractivity contribution in [3.8, 4) is 0 Å². The highest BCUT2D eigenvalue weighted by Gasteiger charge is 2.43. The van der Waals surface area contributed by atoms with Gasteiger partial charge in [0.25, 0.3) is 5.91 Å². The number of benzene rings is 1. The number of carbonyl (C=O) groups is 3. The number of hydrogen-bond donors (Lipinski definition) is 0. The summed E-state index contributed by atoms with van der Waals surface area (Å²) in [6.45, 7) is 4.85. The first-order chi connectivity index (χ1) is 15.4. The number of carbonyl (C=O) groups excluding carboxylic acids is 3. The van der Waals surface area contributed by atoms with Crippen LogP contribution in [-0.2, 0) is 25.5 Å². The van der Waals surface area contributed by atoms with Crippen molar-refractivity contribution >= 4 is 17.7 Å². The fourth-order valence-corrected chi connectivity index (χ4v) is 5.00. The van der Waals surface area contributed by atoms with Gasteiger partial charge in [0, 0.05) is 12.0 Å². The lowest BCUT2D eigenvalue weighted by Gasteiger charge is -2.37. The Bertz CT molecular complexity index is 779. The second-order valence-electron chi connectivity index (χ2n) is 9.92. The number of unbranched alkanes of at least 4 members (excludes halogenated alkanes) is 2. The summed E-state index contributed by atoms with van der Waals surface area (Å²) in [6, 6.07) is 7.99. The smallest absolute Gasteiger partial charge is 0.328 e. The minimum atomic E-state index is -0.611. The van der Waals surface area contributed by atoms with Gasteiger partial charge in [-0.3, -0.25) is 9.59 Å². The summed E-state index contributed by atoms with van der Waals surface area (Å²) in [6.07, 6.45) is 10.8. The molecular weight excluding hydrogens is 402 g/mol. The van der Waals surface area contributed by atoms with Crippen LogP contribution in [0.4, 0.5) is 0 Å². The lowest BCUT2D eigenvalue weighted by molar-refractivity contribution is -0.161. The zero-order valence-electron chi connectivity index (χ0n) is 19.9. The Hall–Kier alpha value is -2.17. The van der Waals surface area contributed by atoms with E-state index in [1.807, 2.05) is 6.92 Å². The Balaban J connectivity index is 1.44. The number of nitrogens with zero attached hydrogens (tertiary/aromatic N) is 1. The Morgan fingerprint density at radius 1 is 0.969 bits per heavy atom. The molecule has 32 heavy (non-hydrogen) atoms. The average Bonchev–Trinajstić information content (AvgIpc) is 2.81. The van der Waals surface area contributed by atoms with Crippen LogP contribution in [0.5, 0.6) is 0 Å². The summed E-state index contributed by atoms with van der Waals surface area (Å²) in [7, 11) is 0. The minimum absolute atomic E-state index is 0.312. The third-order valence-electron chi connectivity index (χ3n) is 7.21. The van der Waals surface area contributed by atoms with Crippen LogP contribution in [0.15, 0.2) is 24.3 Å². The van der Waals surface area contributed by atoms with Gasteiger partial charge >= 0.3 is 5.97 Å². The minimum Gasteiger partial charge on any atom is -0.464 e. The summed E-state index contributed by atoms with van der Waals surface area (Å²) >= 11 is 0. The lowest BCUT2D eigenvalue weighted by atomic mass is 9.72. The number of ether oxygens (including phenoxy) is 1. The van der Waals surface area contributed by atoms with E-state index in [-0.39, 0.29) is 11.8 Å². The summed E-state index contributed by atoms with van der Waals surface area (Å²) in [5.41, 5.74) is 2.03. The SMILES string of the molecule is Cc1ccc(CCCCCOC(=O)C2CCCCN2C(=O)C(=O)C2(C)CCCCC2)cc1. The quantitative estimate of drug-likeness (QED) is 0.301. The van der Waals surface area contributed by atoms with E-state index in [0.717, 1.165) is 70.6 Å². The maximum absolute atomic E-state index is 13.1. The summed E-state index contributed by atoms with van der Waals surface area (Å²) in [5.74, 6) is -1.14. The predicted octanol–water partition coefficient (Wildman–Crippen LogP) is 5.17. The van der Waals surface area contributed by atoms with E-state index in [1.54, 1.807) is 0 Å². The molecule has 0 bridgehead atoms. The van der Waals surface area contributed by atoms with Gasteiger partial charge in [0.05, 0.1) is 6.61 Å². The van der Waals surface area contributed by atoms with Crippen molar-refractivity contribution in [2.75, 3.05) is 13.2 Å². The van der Waals surface area contributed by atoms with Crippen molar-refractivity contribution in [1.82, 2.24) is 4.90 Å². The molecule has 1 atom stereocenters. The van der Waals surface area contributed by atoms with Gasteiger partial charge in [-0.25, -0.2) is 4.79 Å². The highest BCUT2D eigenvalue weighted by Crippen LogP contribution is 2.37. The van der Waals surface area contributed by atoms with E-state index in [9.17, 15) is 14.4 Å². The molecule has 1 unspecified atom stereocenters. The van der Waals surface area contributed by atoms with Gasteiger partial charge in [-0.2, -0.15) is 0 Å². The molecular formula is C27H39NO4. The van der Waals surface area contributed by atoms with Crippen LogP contribution in [0.2, 0.25) is 0 Å². The second-order valence-corrected chi connectivity index (χ2v) is 9.92. The molecule has 1 amide bonds. The predicted molar refractivity (Wildman–Crippen MR) is 125 cm³/mol. The molecule has 1 heterocycles. The zero-order chi connectivity index (χ0) is 23.0. The van der Waals surface area contributed by atoms with Crippen LogP contribution in [0.3, 0.4) is 0 Å². The van der Waals surface area contributed by atoms with E-state index < -0.39 is 17.4 Å². The van der Waals surface area contributed by atoms with Crippen molar-refractivity contribution in [1.29, 1.82) is 0 Å². The molecule has 2 aliphatic rings. The number of piperidine rings is 1. The van der Waals surface area contributed by atoms with Crippen LogP contribution in [0.1, 0.15) is 88.7 Å². The Labute approximate surface area is 192 Å². The van der Waals surface area contributed by atoms with Gasteiger partial charge in [0.15, 0.2) is 0 Å². The van der Waals surface area contributed by atoms with Crippen molar-refractivity contribution < 1.29 is 19.1 Å². The molecule has 2 fully saturated rings. The van der Waals surface area contributed by atoms with E-state index in [0.29, 0.717) is 19.6 Å². The molecule has 1 aromatic carbocycles. The van der Waals surface area contributed by atoms with Crippen LogP contribution in [0, 0.1) is 12.3 Å². The normalized spacial score (nSPS) is 20.6. The summed E-state index contributed by atoms with van der Waals surface area (Å²) < 4.78 is 5.54. The Kier molecular flexibility index (Phi) is 8.89. The number of aryl methyl sites for hydroxylation is 2. The Morgan fingerprint density at radius 2 is 1.69 bits per heavy atom. The number of rotatable bonds is 9. The topological polar surface area (TPSA) is 63.7 Å². The first kappa shape index (κ1) is 24.5. The van der Waals surface area contributed by atoms with Gasteiger partial charge in [-0.05, 0) is 70.3 Å². The molecule has 176 valence electrons. The third kappa shape index (κ3) is 6.43. The molecule has 0 radical (unpaired) electrons. The molecule has 0 aromatic heterocycles. The molecule has 3 rings (SSSR count). The monoisotopic (exact) mass is 441 g/mol. The van der Waals surface area contributed by atoms with Crippen molar-refractivity contribution in [2.45, 2.75) is 96.9 Å². The molecule has 5 heteroatoms. The number of amides is 1. The van der Waals surface area contributed by atoms with Gasteiger partial charge in [-0.15, -0.1) is 0 Å². The number of likely N-dealkylation sites (tertiary alicyclic amines) is 1. The fourth-order valence-electron chi connectivity index (χ4n) is 5.00. The highest BCUT2D eigenvalue weighted by molar-refractivity contribution is 6.38. The van der Waals surface area contributed by atoms with E-state index in [4.69, 9.17) is 4.74 Å². The van der Waals surface area contributed by atoms with Gasteiger partial charge < -0.3 is 9.64 Å². The standard InChI is InChI=1S/C27H39NO4/c1-21-13-15-22(16-14-21)11-5-3-10-20-32-26(31)23-12-6-9-19-28(23)25(30)24(29)27(2)17-7-4-8-18-27/h13-16,23H,3-12,17-20H2,1-2H3.